The van der Waals surface area contributed by atoms with Crippen molar-refractivity contribution in [1.82, 2.24) is 10.6 Å². The van der Waals surface area contributed by atoms with E-state index in [4.69, 9.17) is 15.6 Å². The molecule has 8 nitrogen and oxygen atoms in total. The SMILES string of the molecule is NC(=O)C[C@H](NC(=O)NCCOC1CCCC1)C(=O)O. The molecule has 5 N–H and O–H groups in total. The second-order valence-electron chi connectivity index (χ2n) is 4.74. The fourth-order valence-electron chi connectivity index (χ4n) is 2.06. The van der Waals surface area contributed by atoms with Crippen LogP contribution in [0.4, 0.5) is 4.79 Å². The third-order valence-corrected chi connectivity index (χ3v) is 3.05. The van der Waals surface area contributed by atoms with Gasteiger partial charge in [-0.2, -0.15) is 0 Å². The number of nitrogens with two attached hydrogens (primary N) is 1. The monoisotopic (exact) mass is 287 g/mol. The van der Waals surface area contributed by atoms with Crippen LogP contribution in [0.5, 0.6) is 0 Å². The Labute approximate surface area is 117 Å². The molecule has 20 heavy (non-hydrogen) atoms. The first-order valence-electron chi connectivity index (χ1n) is 6.66. The molecular formula is C12H21N3O5. The molecule has 0 aromatic carbocycles. The molecule has 1 saturated carbocycles. The van der Waals surface area contributed by atoms with Crippen LogP contribution >= 0.6 is 0 Å². The fraction of sp³-hybridized carbons (Fsp3) is 0.750. The number of carbonyl (C=O) groups excluding carboxylic acids is 2. The molecule has 0 aromatic heterocycles. The van der Waals surface area contributed by atoms with Crippen LogP contribution in [-0.4, -0.2) is 48.3 Å². The van der Waals surface area contributed by atoms with Crippen molar-refractivity contribution in [2.24, 2.45) is 5.73 Å². The Morgan fingerprint density at radius 3 is 2.50 bits per heavy atom. The normalized spacial score (nSPS) is 16.6. The third kappa shape index (κ3) is 6.37. The fourth-order valence-corrected chi connectivity index (χ4v) is 2.06. The summed E-state index contributed by atoms with van der Waals surface area (Å²) in [7, 11) is 0. The van der Waals surface area contributed by atoms with Crippen LogP contribution in [0.1, 0.15) is 32.1 Å². The number of primary amides is 1. The molecule has 3 amide bonds. The summed E-state index contributed by atoms with van der Waals surface area (Å²) in [6, 6.07) is -1.98. The Morgan fingerprint density at radius 2 is 1.95 bits per heavy atom. The highest BCUT2D eigenvalue weighted by atomic mass is 16.5. The Bertz CT molecular complexity index is 355. The molecule has 1 rings (SSSR count). The second kappa shape index (κ2) is 8.36. The van der Waals surface area contributed by atoms with Gasteiger partial charge in [-0.05, 0) is 12.8 Å². The molecule has 0 aromatic rings. The van der Waals surface area contributed by atoms with E-state index in [2.05, 4.69) is 10.6 Å². The number of amides is 3. The van der Waals surface area contributed by atoms with Gasteiger partial charge in [-0.25, -0.2) is 9.59 Å². The lowest BCUT2D eigenvalue weighted by molar-refractivity contribution is -0.140. The van der Waals surface area contributed by atoms with Crippen molar-refractivity contribution in [2.75, 3.05) is 13.2 Å². The van der Waals surface area contributed by atoms with Crippen molar-refractivity contribution in [3.63, 3.8) is 0 Å². The van der Waals surface area contributed by atoms with Crippen molar-refractivity contribution in [2.45, 2.75) is 44.2 Å². The summed E-state index contributed by atoms with van der Waals surface area (Å²) in [6.07, 6.45) is 4.26. The molecule has 1 atom stereocenters. The second-order valence-corrected chi connectivity index (χ2v) is 4.74. The number of hydrogen-bond acceptors (Lipinski definition) is 4. The first kappa shape index (κ1) is 16.2. The molecule has 0 heterocycles. The maximum absolute atomic E-state index is 11.4. The molecule has 1 aliphatic rings. The number of rotatable bonds is 8. The summed E-state index contributed by atoms with van der Waals surface area (Å²) >= 11 is 0. The average molecular weight is 287 g/mol. The van der Waals surface area contributed by atoms with Crippen LogP contribution in [0.15, 0.2) is 0 Å². The largest absolute Gasteiger partial charge is 0.480 e. The van der Waals surface area contributed by atoms with Crippen LogP contribution in [0.25, 0.3) is 0 Å². The van der Waals surface area contributed by atoms with Gasteiger partial charge in [-0.15, -0.1) is 0 Å². The molecule has 0 spiro atoms. The van der Waals surface area contributed by atoms with Crippen LogP contribution in [0.2, 0.25) is 0 Å². The minimum absolute atomic E-state index is 0.265. The van der Waals surface area contributed by atoms with Gasteiger partial charge in [0.1, 0.15) is 6.04 Å². The molecule has 1 aliphatic carbocycles. The summed E-state index contributed by atoms with van der Waals surface area (Å²) in [5.41, 5.74) is 4.90. The lowest BCUT2D eigenvalue weighted by Gasteiger charge is -2.15. The zero-order chi connectivity index (χ0) is 15.0. The first-order valence-corrected chi connectivity index (χ1v) is 6.66. The van der Waals surface area contributed by atoms with Crippen molar-refractivity contribution in [3.05, 3.63) is 0 Å². The number of ether oxygens (including phenoxy) is 1. The number of urea groups is 1. The smallest absolute Gasteiger partial charge is 0.326 e. The lowest BCUT2D eigenvalue weighted by atomic mass is 10.2. The number of carboxylic acids is 1. The van der Waals surface area contributed by atoms with Gasteiger partial charge >= 0.3 is 12.0 Å². The molecular weight excluding hydrogens is 266 g/mol. The van der Waals surface area contributed by atoms with Gasteiger partial charge in [0.2, 0.25) is 5.91 Å². The van der Waals surface area contributed by atoms with Crippen molar-refractivity contribution in [3.8, 4) is 0 Å². The summed E-state index contributed by atoms with van der Waals surface area (Å²) in [4.78, 5) is 32.9. The molecule has 0 bridgehead atoms. The minimum Gasteiger partial charge on any atom is -0.480 e. The van der Waals surface area contributed by atoms with Gasteiger partial charge in [0.15, 0.2) is 0 Å². The van der Waals surface area contributed by atoms with Crippen LogP contribution < -0.4 is 16.4 Å². The van der Waals surface area contributed by atoms with Gasteiger partial charge in [-0.3, -0.25) is 4.79 Å². The van der Waals surface area contributed by atoms with E-state index in [-0.39, 0.29) is 12.6 Å². The number of nitrogens with one attached hydrogen (secondary N) is 2. The van der Waals surface area contributed by atoms with Gasteiger partial charge in [0.25, 0.3) is 0 Å². The van der Waals surface area contributed by atoms with Crippen LogP contribution in [-0.2, 0) is 14.3 Å². The highest BCUT2D eigenvalue weighted by molar-refractivity contribution is 5.87. The van der Waals surface area contributed by atoms with E-state index in [1.165, 1.54) is 12.8 Å². The lowest BCUT2D eigenvalue weighted by Crippen LogP contribution is -2.48. The first-order chi connectivity index (χ1) is 9.49. The summed E-state index contributed by atoms with van der Waals surface area (Å²) < 4.78 is 5.54. The van der Waals surface area contributed by atoms with E-state index < -0.39 is 30.4 Å². The molecule has 0 saturated heterocycles. The van der Waals surface area contributed by atoms with E-state index in [0.717, 1.165) is 12.8 Å². The van der Waals surface area contributed by atoms with Gasteiger partial charge in [-0.1, -0.05) is 12.8 Å². The van der Waals surface area contributed by atoms with E-state index in [9.17, 15) is 14.4 Å². The number of aliphatic carboxylic acids is 1. The van der Waals surface area contributed by atoms with Crippen molar-refractivity contribution >= 4 is 17.9 Å². The number of carbonyl (C=O) groups is 3. The molecule has 0 radical (unpaired) electrons. The number of hydrogen-bond donors (Lipinski definition) is 4. The Kier molecular flexibility index (Phi) is 6.78. The molecule has 1 fully saturated rings. The molecule has 114 valence electrons. The molecule has 0 unspecified atom stereocenters. The van der Waals surface area contributed by atoms with E-state index >= 15 is 0 Å². The molecule has 0 aliphatic heterocycles. The van der Waals surface area contributed by atoms with E-state index in [1.807, 2.05) is 0 Å². The predicted molar refractivity (Wildman–Crippen MR) is 70.0 cm³/mol. The van der Waals surface area contributed by atoms with E-state index in [0.29, 0.717) is 6.61 Å². The number of carboxylic acid groups (broad SMARTS) is 1. The van der Waals surface area contributed by atoms with Crippen molar-refractivity contribution in [1.29, 1.82) is 0 Å². The van der Waals surface area contributed by atoms with E-state index in [1.54, 1.807) is 0 Å². The van der Waals surface area contributed by atoms with Crippen molar-refractivity contribution < 1.29 is 24.2 Å². The standard InChI is InChI=1S/C12H21N3O5/c13-10(16)7-9(11(17)18)15-12(19)14-5-6-20-8-3-1-2-4-8/h8-9H,1-7H2,(H2,13,16)(H,17,18)(H2,14,15,19)/t9-/m0/s1. The van der Waals surface area contributed by atoms with Crippen LogP contribution in [0, 0.1) is 0 Å². The summed E-state index contributed by atoms with van der Waals surface area (Å²) in [6.45, 7) is 0.664. The Hall–Kier alpha value is -1.83. The maximum Gasteiger partial charge on any atom is 0.326 e. The quantitative estimate of drug-likeness (QED) is 0.450. The average Bonchev–Trinajstić information content (AvgIpc) is 2.86. The highest BCUT2D eigenvalue weighted by Gasteiger charge is 2.22. The predicted octanol–water partition coefficient (Wildman–Crippen LogP) is -0.427. The van der Waals surface area contributed by atoms with Crippen LogP contribution in [0.3, 0.4) is 0 Å². The highest BCUT2D eigenvalue weighted by Crippen LogP contribution is 2.20. The topological polar surface area (TPSA) is 131 Å². The zero-order valence-corrected chi connectivity index (χ0v) is 11.3. The summed E-state index contributed by atoms with van der Waals surface area (Å²) in [5.74, 6) is -2.09. The summed E-state index contributed by atoms with van der Waals surface area (Å²) in [5, 5.41) is 13.5. The van der Waals surface area contributed by atoms with Gasteiger partial charge in [0, 0.05) is 6.54 Å². The molecule has 8 heteroatoms. The minimum atomic E-state index is -1.32. The Morgan fingerprint density at radius 1 is 1.30 bits per heavy atom. The van der Waals surface area contributed by atoms with Gasteiger partial charge in [0.05, 0.1) is 19.1 Å². The Balaban J connectivity index is 2.17. The third-order valence-electron chi connectivity index (χ3n) is 3.05. The van der Waals surface area contributed by atoms with Gasteiger partial charge < -0.3 is 26.2 Å². The zero-order valence-electron chi connectivity index (χ0n) is 11.3. The maximum atomic E-state index is 11.4.